The van der Waals surface area contributed by atoms with E-state index in [9.17, 15) is 39.3 Å². The van der Waals surface area contributed by atoms with Crippen molar-refractivity contribution in [3.63, 3.8) is 0 Å². The number of benzene rings is 3. The molecule has 246 valence electrons. The lowest BCUT2D eigenvalue weighted by molar-refractivity contribution is -0.143. The monoisotopic (exact) mass is 643 g/mol. The van der Waals surface area contributed by atoms with Gasteiger partial charge in [-0.05, 0) is 47.7 Å². The van der Waals surface area contributed by atoms with E-state index in [-0.39, 0.29) is 31.4 Å². The number of fused-ring (bicyclic) bond motifs is 1. The number of nitrogens with two attached hydrogens (primary N) is 1. The molecule has 0 aliphatic heterocycles. The second-order valence-electron chi connectivity index (χ2n) is 11.2. The number of amides is 3. The Kier molecular flexibility index (Phi) is 11.7. The van der Waals surface area contributed by atoms with Gasteiger partial charge in [-0.25, -0.2) is 4.79 Å². The smallest absolute Gasteiger partial charge is 0.326 e. The Labute approximate surface area is 270 Å². The summed E-state index contributed by atoms with van der Waals surface area (Å²) in [5.41, 5.74) is 9.03. The third kappa shape index (κ3) is 9.90. The minimum atomic E-state index is -1.44. The van der Waals surface area contributed by atoms with E-state index in [1.807, 2.05) is 54.6 Å². The molecule has 13 nitrogen and oxygen atoms in total. The zero-order chi connectivity index (χ0) is 33.9. The van der Waals surface area contributed by atoms with Gasteiger partial charge in [0.15, 0.2) is 0 Å². The summed E-state index contributed by atoms with van der Waals surface area (Å²) in [7, 11) is 0. The van der Waals surface area contributed by atoms with Crippen LogP contribution in [-0.2, 0) is 43.2 Å². The molecule has 0 aliphatic carbocycles. The van der Waals surface area contributed by atoms with Gasteiger partial charge in [0.05, 0.1) is 6.04 Å². The zero-order valence-electron chi connectivity index (χ0n) is 25.4. The number of carboxylic acids is 2. The number of nitrogens with one attached hydrogen (secondary N) is 4. The van der Waals surface area contributed by atoms with Crippen molar-refractivity contribution >= 4 is 40.6 Å². The molecule has 9 N–H and O–H groups in total. The van der Waals surface area contributed by atoms with E-state index in [4.69, 9.17) is 5.73 Å². The molecule has 3 aromatic carbocycles. The number of aromatic hydroxyl groups is 1. The largest absolute Gasteiger partial charge is 0.508 e. The third-order valence-corrected chi connectivity index (χ3v) is 7.64. The normalized spacial score (nSPS) is 13.6. The SMILES string of the molecule is NC(Cc1ccccc1)C(=O)NC(Cc1c[nH]c2ccccc12)C(=O)NC(CCC(=O)O)C(=O)NC(Cc1ccc(O)cc1)C(=O)O. The van der Waals surface area contributed by atoms with Crippen molar-refractivity contribution in [1.82, 2.24) is 20.9 Å². The molecule has 4 unspecified atom stereocenters. The van der Waals surface area contributed by atoms with Gasteiger partial charge in [-0.15, -0.1) is 0 Å². The first kappa shape index (κ1) is 34.2. The minimum absolute atomic E-state index is 0.00547. The Morgan fingerprint density at radius 1 is 0.681 bits per heavy atom. The molecule has 0 fully saturated rings. The summed E-state index contributed by atoms with van der Waals surface area (Å²) >= 11 is 0. The van der Waals surface area contributed by atoms with Crippen molar-refractivity contribution in [3.05, 3.63) is 102 Å². The molecular formula is C34H37N5O8. The number of carbonyl (C=O) groups is 5. The molecule has 3 amide bonds. The first-order chi connectivity index (χ1) is 22.5. The van der Waals surface area contributed by atoms with Crippen LogP contribution in [0.25, 0.3) is 10.9 Å². The number of carboxylic acid groups (broad SMARTS) is 2. The van der Waals surface area contributed by atoms with E-state index in [2.05, 4.69) is 20.9 Å². The number of para-hydroxylation sites is 1. The Bertz CT molecular complexity index is 1710. The van der Waals surface area contributed by atoms with Crippen LogP contribution in [-0.4, -0.2) is 74.1 Å². The highest BCUT2D eigenvalue weighted by atomic mass is 16.4. The fourth-order valence-corrected chi connectivity index (χ4v) is 5.12. The van der Waals surface area contributed by atoms with Gasteiger partial charge >= 0.3 is 11.9 Å². The van der Waals surface area contributed by atoms with E-state index in [1.54, 1.807) is 6.20 Å². The number of rotatable bonds is 16. The van der Waals surface area contributed by atoms with Crippen molar-refractivity contribution in [1.29, 1.82) is 0 Å². The number of aliphatic carboxylic acids is 2. The molecule has 0 bridgehead atoms. The number of aromatic amines is 1. The number of phenols is 1. The second-order valence-corrected chi connectivity index (χ2v) is 11.2. The summed E-state index contributed by atoms with van der Waals surface area (Å²) in [4.78, 5) is 66.9. The Morgan fingerprint density at radius 3 is 1.96 bits per heavy atom. The lowest BCUT2D eigenvalue weighted by Crippen LogP contribution is -2.58. The first-order valence-electron chi connectivity index (χ1n) is 15.0. The molecule has 0 radical (unpaired) electrons. The number of phenolic OH excluding ortho intramolecular Hbond substituents is 1. The van der Waals surface area contributed by atoms with Crippen LogP contribution in [0.2, 0.25) is 0 Å². The second kappa shape index (κ2) is 16.0. The van der Waals surface area contributed by atoms with Crippen LogP contribution >= 0.6 is 0 Å². The summed E-state index contributed by atoms with van der Waals surface area (Å²) in [6.45, 7) is 0. The van der Waals surface area contributed by atoms with E-state index >= 15 is 0 Å². The maximum Gasteiger partial charge on any atom is 0.326 e. The van der Waals surface area contributed by atoms with Gasteiger partial charge in [0.2, 0.25) is 17.7 Å². The lowest BCUT2D eigenvalue weighted by atomic mass is 10.0. The third-order valence-electron chi connectivity index (χ3n) is 7.64. The predicted molar refractivity (Wildman–Crippen MR) is 172 cm³/mol. The summed E-state index contributed by atoms with van der Waals surface area (Å²) in [6.07, 6.45) is 0.923. The van der Waals surface area contributed by atoms with E-state index in [0.29, 0.717) is 11.1 Å². The number of carbonyl (C=O) groups excluding carboxylic acids is 3. The highest BCUT2D eigenvalue weighted by Gasteiger charge is 2.31. The molecule has 0 aliphatic rings. The highest BCUT2D eigenvalue weighted by molar-refractivity contribution is 5.95. The van der Waals surface area contributed by atoms with Gasteiger partial charge < -0.3 is 42.0 Å². The van der Waals surface area contributed by atoms with Crippen LogP contribution in [0.4, 0.5) is 0 Å². The van der Waals surface area contributed by atoms with Crippen molar-refractivity contribution in [2.75, 3.05) is 0 Å². The fraction of sp³-hybridized carbons (Fsp3) is 0.265. The summed E-state index contributed by atoms with van der Waals surface area (Å²) < 4.78 is 0. The van der Waals surface area contributed by atoms with Crippen LogP contribution in [0, 0.1) is 0 Å². The molecule has 47 heavy (non-hydrogen) atoms. The summed E-state index contributed by atoms with van der Waals surface area (Å²) in [5.74, 6) is -4.91. The maximum absolute atomic E-state index is 13.8. The average molecular weight is 644 g/mol. The van der Waals surface area contributed by atoms with E-state index in [0.717, 1.165) is 16.5 Å². The lowest BCUT2D eigenvalue weighted by Gasteiger charge is -2.25. The average Bonchev–Trinajstić information content (AvgIpc) is 3.46. The number of H-pyrrole nitrogens is 1. The maximum atomic E-state index is 13.8. The molecule has 0 spiro atoms. The van der Waals surface area contributed by atoms with Gasteiger partial charge in [-0.3, -0.25) is 19.2 Å². The Balaban J connectivity index is 1.54. The van der Waals surface area contributed by atoms with Crippen molar-refractivity contribution < 1.29 is 39.3 Å². The van der Waals surface area contributed by atoms with Crippen molar-refractivity contribution in [2.45, 2.75) is 56.3 Å². The molecule has 13 heteroatoms. The Hall–Kier alpha value is -5.69. The Morgan fingerprint density at radius 2 is 1.28 bits per heavy atom. The summed E-state index contributed by atoms with van der Waals surface area (Å²) in [5, 5.41) is 37.1. The zero-order valence-corrected chi connectivity index (χ0v) is 25.4. The number of hydrogen-bond acceptors (Lipinski definition) is 7. The van der Waals surface area contributed by atoms with Crippen LogP contribution < -0.4 is 21.7 Å². The number of aromatic nitrogens is 1. The molecule has 1 heterocycles. The predicted octanol–water partition coefficient (Wildman–Crippen LogP) is 1.63. The molecule has 1 aromatic heterocycles. The van der Waals surface area contributed by atoms with Crippen molar-refractivity contribution in [2.24, 2.45) is 5.73 Å². The molecule has 4 rings (SSSR count). The van der Waals surface area contributed by atoms with Gasteiger partial charge in [-0.1, -0.05) is 60.7 Å². The van der Waals surface area contributed by atoms with Gasteiger partial charge in [0.25, 0.3) is 0 Å². The minimum Gasteiger partial charge on any atom is -0.508 e. The standard InChI is InChI=1S/C34H37N5O8/c35-25(16-20-6-2-1-3-7-20)31(43)38-28(18-22-19-36-26-9-5-4-8-24(22)26)33(45)37-27(14-15-30(41)42)32(44)39-29(34(46)47)17-21-10-12-23(40)13-11-21/h1-13,19,25,27-29,36,40H,14-18,35H2,(H,37,45)(H,38,43)(H,39,44)(H,41,42)(H,46,47). The highest BCUT2D eigenvalue weighted by Crippen LogP contribution is 2.20. The van der Waals surface area contributed by atoms with Gasteiger partial charge in [0.1, 0.15) is 23.9 Å². The van der Waals surface area contributed by atoms with E-state index in [1.165, 1.54) is 24.3 Å². The van der Waals surface area contributed by atoms with Crippen LogP contribution in [0.3, 0.4) is 0 Å². The molecule has 4 aromatic rings. The number of hydrogen-bond donors (Lipinski definition) is 8. The van der Waals surface area contributed by atoms with Crippen LogP contribution in [0.1, 0.15) is 29.5 Å². The fourth-order valence-electron chi connectivity index (χ4n) is 5.12. The summed E-state index contributed by atoms with van der Waals surface area (Å²) in [6, 6.07) is 17.1. The quantitative estimate of drug-likeness (QED) is 0.0887. The van der Waals surface area contributed by atoms with E-state index < -0.39 is 60.2 Å². The van der Waals surface area contributed by atoms with Crippen LogP contribution in [0.5, 0.6) is 5.75 Å². The van der Waals surface area contributed by atoms with Gasteiger partial charge in [0, 0.05) is 36.4 Å². The molecule has 0 saturated carbocycles. The first-order valence-corrected chi connectivity index (χ1v) is 15.0. The topological polar surface area (TPSA) is 224 Å². The van der Waals surface area contributed by atoms with Gasteiger partial charge in [-0.2, -0.15) is 0 Å². The molecule has 0 saturated heterocycles. The van der Waals surface area contributed by atoms with Crippen molar-refractivity contribution in [3.8, 4) is 5.75 Å². The molecular weight excluding hydrogens is 606 g/mol. The molecule has 4 atom stereocenters. The van der Waals surface area contributed by atoms with Crippen LogP contribution in [0.15, 0.2) is 85.1 Å².